The van der Waals surface area contributed by atoms with E-state index in [4.69, 9.17) is 4.74 Å². The number of anilines is 1. The van der Waals surface area contributed by atoms with Crippen molar-refractivity contribution >= 4 is 16.7 Å². The lowest BCUT2D eigenvalue weighted by Crippen LogP contribution is -2.09. The van der Waals surface area contributed by atoms with E-state index in [1.165, 1.54) is 0 Å². The molecule has 0 bridgehead atoms. The lowest BCUT2D eigenvalue weighted by Gasteiger charge is -2.02. The maximum atomic E-state index is 11.9. The van der Waals surface area contributed by atoms with Gasteiger partial charge >= 0.3 is 6.18 Å². The summed E-state index contributed by atoms with van der Waals surface area (Å²) in [5, 5.41) is 3.42. The molecule has 0 radical (unpaired) electrons. The number of aryl methyl sites for hydroxylation is 1. The molecule has 0 atom stereocenters. The summed E-state index contributed by atoms with van der Waals surface area (Å²) in [6.07, 6.45) is -5.22. The number of methoxy groups -OCH3 is 1. The molecule has 0 amide bonds. The molecule has 0 saturated carbocycles. The van der Waals surface area contributed by atoms with Crippen LogP contribution < -0.4 is 5.32 Å². The zero-order valence-corrected chi connectivity index (χ0v) is 9.49. The summed E-state index contributed by atoms with van der Waals surface area (Å²) >= 11 is 1.06. The first-order valence-electron chi connectivity index (χ1n) is 4.63. The Hall–Kier alpha value is -0.890. The molecule has 8 heteroatoms. The third-order valence-corrected chi connectivity index (χ3v) is 2.39. The molecule has 0 saturated heterocycles. The third kappa shape index (κ3) is 5.26. The topological polar surface area (TPSA) is 47.0 Å². The standard InChI is InChI=1S/C8H12F3N3OS/c1-15-5-4-12-7-13-6(14-16-7)2-3-8(9,10)11/h2-5H2,1H3,(H,12,13,14). The summed E-state index contributed by atoms with van der Waals surface area (Å²) in [6.45, 7) is 1.07. The molecule has 0 spiro atoms. The number of nitrogens with one attached hydrogen (secondary N) is 1. The van der Waals surface area contributed by atoms with Crippen LogP contribution in [0.15, 0.2) is 0 Å². The average Bonchev–Trinajstić information content (AvgIpc) is 2.62. The monoisotopic (exact) mass is 255 g/mol. The van der Waals surface area contributed by atoms with Crippen molar-refractivity contribution < 1.29 is 17.9 Å². The number of hydrogen-bond donors (Lipinski definition) is 1. The molecule has 0 aromatic carbocycles. The minimum Gasteiger partial charge on any atom is -0.383 e. The molecule has 0 aliphatic heterocycles. The first-order chi connectivity index (χ1) is 7.51. The van der Waals surface area contributed by atoms with Crippen molar-refractivity contribution in [3.63, 3.8) is 0 Å². The number of hydrogen-bond acceptors (Lipinski definition) is 5. The lowest BCUT2D eigenvalue weighted by molar-refractivity contribution is -0.134. The Balaban J connectivity index is 2.33. The van der Waals surface area contributed by atoms with Crippen LogP contribution in [0.3, 0.4) is 0 Å². The van der Waals surface area contributed by atoms with Gasteiger partial charge in [0.2, 0.25) is 5.13 Å². The van der Waals surface area contributed by atoms with Gasteiger partial charge in [0.1, 0.15) is 5.82 Å². The second-order valence-corrected chi connectivity index (χ2v) is 3.80. The van der Waals surface area contributed by atoms with Crippen LogP contribution in [0.2, 0.25) is 0 Å². The molecule has 1 aromatic heterocycles. The quantitative estimate of drug-likeness (QED) is 0.791. The molecule has 0 aliphatic carbocycles. The minimum absolute atomic E-state index is 0.175. The highest BCUT2D eigenvalue weighted by Gasteiger charge is 2.27. The predicted molar refractivity (Wildman–Crippen MR) is 54.7 cm³/mol. The van der Waals surface area contributed by atoms with Gasteiger partial charge in [0.25, 0.3) is 0 Å². The Kier molecular flexibility index (Phi) is 4.94. The van der Waals surface area contributed by atoms with Gasteiger partial charge in [-0.05, 0) is 0 Å². The fourth-order valence-electron chi connectivity index (χ4n) is 0.941. The van der Waals surface area contributed by atoms with Crippen LogP contribution in [-0.2, 0) is 11.2 Å². The molecule has 92 valence electrons. The van der Waals surface area contributed by atoms with Gasteiger partial charge < -0.3 is 10.1 Å². The largest absolute Gasteiger partial charge is 0.389 e. The molecule has 4 nitrogen and oxygen atoms in total. The third-order valence-electron chi connectivity index (χ3n) is 1.68. The molecule has 1 heterocycles. The molecular formula is C8H12F3N3OS. The first kappa shape index (κ1) is 13.2. The average molecular weight is 255 g/mol. The van der Waals surface area contributed by atoms with Crippen molar-refractivity contribution in [3.05, 3.63) is 5.82 Å². The van der Waals surface area contributed by atoms with E-state index < -0.39 is 12.6 Å². The zero-order chi connectivity index (χ0) is 12.0. The predicted octanol–water partition coefficient (Wildman–Crippen LogP) is 2.09. The van der Waals surface area contributed by atoms with E-state index in [2.05, 4.69) is 14.7 Å². The molecule has 1 N–H and O–H groups in total. The number of alkyl halides is 3. The maximum Gasteiger partial charge on any atom is 0.389 e. The Morgan fingerprint density at radius 1 is 1.44 bits per heavy atom. The number of ether oxygens (including phenoxy) is 1. The zero-order valence-electron chi connectivity index (χ0n) is 8.67. The Morgan fingerprint density at radius 2 is 2.19 bits per heavy atom. The summed E-state index contributed by atoms with van der Waals surface area (Å²) < 4.78 is 44.4. The van der Waals surface area contributed by atoms with Gasteiger partial charge in [-0.15, -0.1) is 0 Å². The maximum absolute atomic E-state index is 11.9. The molecule has 16 heavy (non-hydrogen) atoms. The van der Waals surface area contributed by atoms with Crippen LogP contribution in [0.5, 0.6) is 0 Å². The fraction of sp³-hybridized carbons (Fsp3) is 0.750. The molecule has 0 unspecified atom stereocenters. The van der Waals surface area contributed by atoms with Crippen molar-refractivity contribution in [1.29, 1.82) is 0 Å². The van der Waals surface area contributed by atoms with E-state index in [0.717, 1.165) is 11.5 Å². The van der Waals surface area contributed by atoms with Crippen LogP contribution in [0.25, 0.3) is 0 Å². The summed E-state index contributed by atoms with van der Waals surface area (Å²) in [6, 6.07) is 0. The highest BCUT2D eigenvalue weighted by atomic mass is 32.1. The Morgan fingerprint density at radius 3 is 2.81 bits per heavy atom. The van der Waals surface area contributed by atoms with Crippen molar-refractivity contribution in [3.8, 4) is 0 Å². The van der Waals surface area contributed by atoms with Crippen LogP contribution >= 0.6 is 11.5 Å². The van der Waals surface area contributed by atoms with Crippen LogP contribution in [0.1, 0.15) is 12.2 Å². The van der Waals surface area contributed by atoms with E-state index in [-0.39, 0.29) is 12.2 Å². The van der Waals surface area contributed by atoms with Crippen LogP contribution in [0, 0.1) is 0 Å². The summed E-state index contributed by atoms with van der Waals surface area (Å²) in [7, 11) is 1.57. The molecule has 1 rings (SSSR count). The van der Waals surface area contributed by atoms with Gasteiger partial charge in [0, 0.05) is 31.6 Å². The molecule has 1 aromatic rings. The summed E-state index contributed by atoms with van der Waals surface area (Å²) in [4.78, 5) is 3.93. The van der Waals surface area contributed by atoms with E-state index >= 15 is 0 Å². The lowest BCUT2D eigenvalue weighted by atomic mass is 10.3. The smallest absolute Gasteiger partial charge is 0.383 e. The van der Waals surface area contributed by atoms with Gasteiger partial charge in [-0.25, -0.2) is 4.98 Å². The van der Waals surface area contributed by atoms with Gasteiger partial charge in [-0.2, -0.15) is 17.5 Å². The highest BCUT2D eigenvalue weighted by molar-refractivity contribution is 7.09. The summed E-state index contributed by atoms with van der Waals surface area (Å²) in [5.74, 6) is 0.224. The van der Waals surface area contributed by atoms with Crippen molar-refractivity contribution in [1.82, 2.24) is 9.36 Å². The van der Waals surface area contributed by atoms with Gasteiger partial charge in [0.15, 0.2) is 0 Å². The summed E-state index contributed by atoms with van der Waals surface area (Å²) in [5.41, 5.74) is 0. The fourth-order valence-corrected chi connectivity index (χ4v) is 1.58. The van der Waals surface area contributed by atoms with Crippen molar-refractivity contribution in [2.24, 2.45) is 0 Å². The second-order valence-electron chi connectivity index (χ2n) is 3.05. The molecule has 0 fully saturated rings. The minimum atomic E-state index is -4.16. The van der Waals surface area contributed by atoms with E-state index in [1.54, 1.807) is 7.11 Å². The second kappa shape index (κ2) is 6.00. The van der Waals surface area contributed by atoms with Gasteiger partial charge in [-0.3, -0.25) is 0 Å². The number of rotatable bonds is 6. The first-order valence-corrected chi connectivity index (χ1v) is 5.41. The SMILES string of the molecule is COCCNc1nc(CCC(F)(F)F)ns1. The van der Waals surface area contributed by atoms with E-state index in [1.807, 2.05) is 0 Å². The van der Waals surface area contributed by atoms with E-state index in [9.17, 15) is 13.2 Å². The normalized spacial score (nSPS) is 11.8. The van der Waals surface area contributed by atoms with Crippen LogP contribution in [-0.4, -0.2) is 35.8 Å². The number of halogens is 3. The molecule has 0 aliphatic rings. The van der Waals surface area contributed by atoms with Crippen molar-refractivity contribution in [2.45, 2.75) is 19.0 Å². The highest BCUT2D eigenvalue weighted by Crippen LogP contribution is 2.22. The van der Waals surface area contributed by atoms with Gasteiger partial charge in [-0.1, -0.05) is 0 Å². The van der Waals surface area contributed by atoms with Crippen molar-refractivity contribution in [2.75, 3.05) is 25.6 Å². The Labute approximate surface area is 95.0 Å². The van der Waals surface area contributed by atoms with Crippen LogP contribution in [0.4, 0.5) is 18.3 Å². The van der Waals surface area contributed by atoms with E-state index in [0.29, 0.717) is 18.3 Å². The number of aromatic nitrogens is 2. The molecular weight excluding hydrogens is 243 g/mol. The van der Waals surface area contributed by atoms with Gasteiger partial charge in [0.05, 0.1) is 13.0 Å². The Bertz CT molecular complexity index is 316. The number of nitrogens with zero attached hydrogens (tertiary/aromatic N) is 2.